The van der Waals surface area contributed by atoms with E-state index in [9.17, 15) is 14.7 Å². The number of benzene rings is 2. The van der Waals surface area contributed by atoms with Gasteiger partial charge >= 0.3 is 12.4 Å². The Labute approximate surface area is 221 Å². The van der Waals surface area contributed by atoms with Crippen LogP contribution in [0.3, 0.4) is 0 Å². The fourth-order valence-electron chi connectivity index (χ4n) is 3.85. The minimum atomic E-state index is -3.31. The quantitative estimate of drug-likeness (QED) is 0.430. The lowest BCUT2D eigenvalue weighted by atomic mass is 10.1. The first-order valence-electron chi connectivity index (χ1n) is 11.0. The molecule has 2 aliphatic heterocycles. The van der Waals surface area contributed by atoms with Crippen LogP contribution in [0, 0.1) is 0 Å². The second-order valence-electron chi connectivity index (χ2n) is 8.08. The predicted molar refractivity (Wildman–Crippen MR) is 137 cm³/mol. The van der Waals surface area contributed by atoms with Crippen LogP contribution in [0.15, 0.2) is 65.6 Å². The van der Waals surface area contributed by atoms with Gasteiger partial charge < -0.3 is 24.4 Å². The molecule has 37 heavy (non-hydrogen) atoms. The topological polar surface area (TPSA) is 130 Å². The van der Waals surface area contributed by atoms with Gasteiger partial charge in [-0.15, -0.1) is 0 Å². The summed E-state index contributed by atoms with van der Waals surface area (Å²) in [6.07, 6.45) is -2.64. The molecule has 0 aliphatic carbocycles. The number of methoxy groups -OCH3 is 1. The number of ether oxygens (including phenoxy) is 2. The summed E-state index contributed by atoms with van der Waals surface area (Å²) >= 11 is 11.6. The van der Waals surface area contributed by atoms with Crippen LogP contribution >= 0.6 is 18.3 Å². The molecular weight excluding hydrogens is 545 g/mol. The zero-order chi connectivity index (χ0) is 26.2. The molecule has 0 radical (unpaired) electrons. The number of aromatic nitrogens is 2. The van der Waals surface area contributed by atoms with Crippen molar-refractivity contribution in [2.24, 2.45) is 0 Å². The van der Waals surface area contributed by atoms with Crippen molar-refractivity contribution in [3.05, 3.63) is 81.9 Å². The molecule has 14 heteroatoms. The maximum absolute atomic E-state index is 12.8. The third kappa shape index (κ3) is 5.41. The average molecular weight is 566 g/mol. The van der Waals surface area contributed by atoms with Crippen molar-refractivity contribution < 1.29 is 32.9 Å². The Morgan fingerprint density at radius 1 is 1.24 bits per heavy atom. The van der Waals surface area contributed by atoms with Crippen molar-refractivity contribution in [2.75, 3.05) is 19.0 Å². The molecule has 11 nitrogen and oxygen atoms in total. The second kappa shape index (κ2) is 10.5. The highest BCUT2D eigenvalue weighted by molar-refractivity contribution is 8.07. The highest BCUT2D eigenvalue weighted by Crippen LogP contribution is 2.57. The molecule has 2 saturated heterocycles. The molecule has 0 spiro atoms. The van der Waals surface area contributed by atoms with Crippen molar-refractivity contribution in [3.63, 3.8) is 0 Å². The van der Waals surface area contributed by atoms with Crippen molar-refractivity contribution in [1.29, 1.82) is 0 Å². The molecule has 1 aromatic heterocycles. The largest absolute Gasteiger partial charge is 0.497 e. The van der Waals surface area contributed by atoms with E-state index in [2.05, 4.69) is 10.3 Å². The summed E-state index contributed by atoms with van der Waals surface area (Å²) in [6, 6.07) is 14.6. The van der Waals surface area contributed by atoms with Crippen molar-refractivity contribution in [3.8, 4) is 11.5 Å². The highest BCUT2D eigenvalue weighted by Gasteiger charge is 2.52. The SMILES string of the molecule is COc1ccc(C(=O)Nc2ccn([C@@H]3O[C@@H]4COP(=S)(Oc5ccccc5Cl)OC4C3O)c(=O)n2)cc1. The number of hydrogen-bond acceptors (Lipinski definition) is 10. The van der Waals surface area contributed by atoms with E-state index >= 15 is 0 Å². The number of aliphatic hydroxyl groups excluding tert-OH is 1. The Morgan fingerprint density at radius 3 is 2.70 bits per heavy atom. The van der Waals surface area contributed by atoms with Gasteiger partial charge in [-0.25, -0.2) is 4.79 Å². The molecule has 5 atom stereocenters. The molecule has 3 heterocycles. The van der Waals surface area contributed by atoms with Crippen LogP contribution in [0.2, 0.25) is 5.02 Å². The molecule has 3 aromatic rings. The van der Waals surface area contributed by atoms with Gasteiger partial charge in [0.15, 0.2) is 6.23 Å². The van der Waals surface area contributed by atoms with E-state index in [4.69, 9.17) is 46.5 Å². The van der Waals surface area contributed by atoms with E-state index in [0.717, 1.165) is 4.57 Å². The molecule has 194 valence electrons. The number of fused-ring (bicyclic) bond motifs is 1. The van der Waals surface area contributed by atoms with Crippen molar-refractivity contribution in [2.45, 2.75) is 24.5 Å². The van der Waals surface area contributed by atoms with Gasteiger partial charge in [-0.05, 0) is 42.5 Å². The average Bonchev–Trinajstić information content (AvgIpc) is 3.20. The Kier molecular flexibility index (Phi) is 7.32. The number of anilines is 1. The molecule has 0 saturated carbocycles. The Hall–Kier alpha value is -2.83. The lowest BCUT2D eigenvalue weighted by molar-refractivity contribution is -0.0613. The Balaban J connectivity index is 1.28. The van der Waals surface area contributed by atoms with Crippen LogP contribution in [-0.2, 0) is 25.6 Å². The lowest BCUT2D eigenvalue weighted by Gasteiger charge is -2.33. The molecular formula is C23H21ClN3O8PS. The maximum atomic E-state index is 12.8. The summed E-state index contributed by atoms with van der Waals surface area (Å²) in [6.45, 7) is -3.32. The summed E-state index contributed by atoms with van der Waals surface area (Å²) in [7, 11) is 1.52. The number of nitrogens with zero attached hydrogens (tertiary/aromatic N) is 2. The van der Waals surface area contributed by atoms with Crippen LogP contribution in [0.4, 0.5) is 5.82 Å². The fourth-order valence-corrected chi connectivity index (χ4v) is 6.25. The fraction of sp³-hybridized carbons (Fsp3) is 0.261. The van der Waals surface area contributed by atoms with Gasteiger partial charge in [-0.1, -0.05) is 23.7 Å². The van der Waals surface area contributed by atoms with Gasteiger partial charge in [-0.3, -0.25) is 18.4 Å². The first-order valence-corrected chi connectivity index (χ1v) is 13.9. The van der Waals surface area contributed by atoms with E-state index in [-0.39, 0.29) is 12.4 Å². The Bertz CT molecular complexity index is 1420. The lowest BCUT2D eigenvalue weighted by Crippen LogP contribution is -2.40. The third-order valence-electron chi connectivity index (χ3n) is 5.70. The van der Waals surface area contributed by atoms with E-state index in [1.165, 1.54) is 19.4 Å². The standard InChI is InChI=1S/C23H21ClN3O8PS/c1-31-14-8-6-13(7-9-14)21(29)25-18-10-11-27(23(30)26-18)22-19(28)20-17(33-22)12-32-36(37,35-20)34-16-5-3-2-4-15(16)24/h2-11,17,19-20,22,28H,12H2,1H3,(H,25,26,29,30)/t17-,19?,20?,22-,36?/m1/s1. The van der Waals surface area contributed by atoms with E-state index in [1.807, 2.05) is 0 Å². The summed E-state index contributed by atoms with van der Waals surface area (Å²) in [5.41, 5.74) is -0.389. The summed E-state index contributed by atoms with van der Waals surface area (Å²) in [5.74, 6) is 0.484. The van der Waals surface area contributed by atoms with Gasteiger partial charge in [0, 0.05) is 23.6 Å². The monoisotopic (exact) mass is 565 g/mol. The van der Waals surface area contributed by atoms with E-state index in [0.29, 0.717) is 22.1 Å². The molecule has 1 amide bonds. The smallest absolute Gasteiger partial charge is 0.381 e. The molecule has 2 aromatic carbocycles. The van der Waals surface area contributed by atoms with Crippen LogP contribution in [0.1, 0.15) is 16.6 Å². The second-order valence-corrected chi connectivity index (χ2v) is 11.4. The summed E-state index contributed by atoms with van der Waals surface area (Å²) in [5, 5.41) is 13.8. The Morgan fingerprint density at radius 2 is 2.00 bits per heavy atom. The van der Waals surface area contributed by atoms with Gasteiger partial charge in [0.05, 0.1) is 18.7 Å². The molecule has 3 unspecified atom stereocenters. The summed E-state index contributed by atoms with van der Waals surface area (Å²) < 4.78 is 29.3. The van der Waals surface area contributed by atoms with Gasteiger partial charge in [0.1, 0.15) is 35.6 Å². The number of hydrogen-bond donors (Lipinski definition) is 2. The molecule has 5 rings (SSSR count). The third-order valence-corrected chi connectivity index (χ3v) is 8.20. The van der Waals surface area contributed by atoms with Crippen molar-refractivity contribution >= 4 is 41.9 Å². The minimum Gasteiger partial charge on any atom is -0.497 e. The maximum Gasteiger partial charge on any atom is 0.381 e. The molecule has 2 fully saturated rings. The van der Waals surface area contributed by atoms with Gasteiger partial charge in [0.25, 0.3) is 5.91 Å². The number of nitrogens with one attached hydrogen (secondary N) is 1. The normalized spacial score (nSPS) is 26.8. The number of halogens is 1. The van der Waals surface area contributed by atoms with Crippen LogP contribution in [0.5, 0.6) is 11.5 Å². The molecule has 0 bridgehead atoms. The van der Waals surface area contributed by atoms with Gasteiger partial charge in [-0.2, -0.15) is 4.98 Å². The highest BCUT2D eigenvalue weighted by atomic mass is 35.5. The van der Waals surface area contributed by atoms with E-state index in [1.54, 1.807) is 48.5 Å². The number of carbonyl (C=O) groups excluding carboxylic acids is 1. The number of aliphatic hydroxyl groups is 1. The first kappa shape index (κ1) is 25.8. The van der Waals surface area contributed by atoms with E-state index < -0.39 is 42.9 Å². The van der Waals surface area contributed by atoms with Crippen LogP contribution in [-0.4, -0.2) is 52.6 Å². The molecule has 2 N–H and O–H groups in total. The summed E-state index contributed by atoms with van der Waals surface area (Å²) in [4.78, 5) is 29.1. The van der Waals surface area contributed by atoms with Crippen molar-refractivity contribution in [1.82, 2.24) is 9.55 Å². The van der Waals surface area contributed by atoms with Gasteiger partial charge in [0.2, 0.25) is 0 Å². The molecule has 2 aliphatic rings. The predicted octanol–water partition coefficient (Wildman–Crippen LogP) is 3.13. The zero-order valence-corrected chi connectivity index (χ0v) is 21.7. The number of para-hydroxylation sites is 1. The number of amides is 1. The number of carbonyl (C=O) groups is 1. The number of rotatable bonds is 6. The van der Waals surface area contributed by atoms with Crippen LogP contribution in [0.25, 0.3) is 0 Å². The zero-order valence-electron chi connectivity index (χ0n) is 19.2. The first-order chi connectivity index (χ1) is 17.8. The van der Waals surface area contributed by atoms with Crippen LogP contribution < -0.4 is 20.3 Å². The minimum absolute atomic E-state index is 0.0157.